The Morgan fingerprint density at radius 3 is 2.47 bits per heavy atom. The molecule has 0 radical (unpaired) electrons. The van der Waals surface area contributed by atoms with E-state index in [1.165, 1.54) is 50.6 Å². The van der Waals surface area contributed by atoms with E-state index in [-0.39, 0.29) is 0 Å². The highest BCUT2D eigenvalue weighted by molar-refractivity contribution is 5.09. The molecule has 1 heteroatoms. The third-order valence-corrected chi connectivity index (χ3v) is 3.32. The van der Waals surface area contributed by atoms with Crippen LogP contribution in [0.1, 0.15) is 70.8 Å². The Labute approximate surface area is 107 Å². The van der Waals surface area contributed by atoms with Gasteiger partial charge in [-0.3, -0.25) is 0 Å². The lowest BCUT2D eigenvalue weighted by Gasteiger charge is -2.04. The highest BCUT2D eigenvalue weighted by atomic mass is 14.9. The smallest absolute Gasteiger partial charge is 0.172 e. The van der Waals surface area contributed by atoms with Gasteiger partial charge in [0.05, 0.1) is 0 Å². The molecule has 0 saturated carbocycles. The molecule has 0 aliphatic rings. The Kier molecular flexibility index (Phi) is 6.91. The quantitative estimate of drug-likeness (QED) is 0.462. The van der Waals surface area contributed by atoms with Crippen molar-refractivity contribution in [2.45, 2.75) is 71.8 Å². The molecule has 0 aliphatic heterocycles. The summed E-state index contributed by atoms with van der Waals surface area (Å²) in [5, 5.41) is 0. The second-order valence-electron chi connectivity index (χ2n) is 5.30. The summed E-state index contributed by atoms with van der Waals surface area (Å²) in [4.78, 5) is 0. The Morgan fingerprint density at radius 1 is 1.06 bits per heavy atom. The van der Waals surface area contributed by atoms with E-state index in [9.17, 15) is 0 Å². The zero-order valence-corrected chi connectivity index (χ0v) is 11.8. The summed E-state index contributed by atoms with van der Waals surface area (Å²) in [6.45, 7) is 7.95. The van der Waals surface area contributed by atoms with Crippen molar-refractivity contribution < 1.29 is 4.57 Å². The van der Waals surface area contributed by atoms with E-state index in [1.54, 1.807) is 0 Å². The van der Waals surface area contributed by atoms with E-state index in [2.05, 4.69) is 49.9 Å². The molecule has 1 aromatic heterocycles. The predicted octanol–water partition coefficient (Wildman–Crippen LogP) is 4.46. The molecule has 96 valence electrons. The maximum Gasteiger partial charge on any atom is 0.172 e. The number of aromatic nitrogens is 1. The van der Waals surface area contributed by atoms with Crippen molar-refractivity contribution in [2.75, 3.05) is 0 Å². The van der Waals surface area contributed by atoms with Crippen LogP contribution in [-0.4, -0.2) is 0 Å². The zero-order chi connectivity index (χ0) is 12.5. The number of nitrogens with zero attached hydrogens (tertiary/aromatic N) is 1. The van der Waals surface area contributed by atoms with Gasteiger partial charge < -0.3 is 0 Å². The molecule has 0 spiro atoms. The lowest BCUT2D eigenvalue weighted by Crippen LogP contribution is -2.33. The van der Waals surface area contributed by atoms with Crippen LogP contribution >= 0.6 is 0 Å². The number of pyridine rings is 1. The highest BCUT2D eigenvalue weighted by Crippen LogP contribution is 2.10. The number of hydrogen-bond acceptors (Lipinski definition) is 0. The van der Waals surface area contributed by atoms with E-state index in [0.717, 1.165) is 0 Å². The molecule has 17 heavy (non-hydrogen) atoms. The molecule has 1 heterocycles. The lowest BCUT2D eigenvalue weighted by molar-refractivity contribution is -0.697. The third-order valence-electron chi connectivity index (χ3n) is 3.32. The lowest BCUT2D eigenvalue weighted by atomic mass is 10.1. The van der Waals surface area contributed by atoms with E-state index in [4.69, 9.17) is 0 Å². The number of hydrogen-bond donors (Lipinski definition) is 0. The topological polar surface area (TPSA) is 3.88 Å². The molecular weight excluding hydrogens is 206 g/mol. The van der Waals surface area contributed by atoms with Crippen LogP contribution in [0.5, 0.6) is 0 Å². The molecule has 0 saturated heterocycles. The fraction of sp³-hybridized carbons (Fsp3) is 0.688. The van der Waals surface area contributed by atoms with Gasteiger partial charge in [-0.15, -0.1) is 0 Å². The molecular formula is C16H28N+. The van der Waals surface area contributed by atoms with Crippen LogP contribution in [0.25, 0.3) is 0 Å². The molecule has 1 rings (SSSR count). The number of aryl methyl sites for hydroxylation is 1. The van der Waals surface area contributed by atoms with Crippen molar-refractivity contribution in [3.8, 4) is 0 Å². The van der Waals surface area contributed by atoms with Crippen LogP contribution in [0.2, 0.25) is 0 Å². The Balaban J connectivity index is 2.24. The first-order valence-corrected chi connectivity index (χ1v) is 7.23. The summed E-state index contributed by atoms with van der Waals surface area (Å²) >= 11 is 0. The van der Waals surface area contributed by atoms with Crippen LogP contribution in [0.4, 0.5) is 0 Å². The van der Waals surface area contributed by atoms with Crippen LogP contribution < -0.4 is 4.57 Å². The van der Waals surface area contributed by atoms with Gasteiger partial charge in [-0.2, -0.15) is 0 Å². The fourth-order valence-corrected chi connectivity index (χ4v) is 2.10. The first-order valence-electron chi connectivity index (χ1n) is 7.23. The zero-order valence-electron chi connectivity index (χ0n) is 11.8. The second-order valence-corrected chi connectivity index (χ2v) is 5.30. The third kappa shape index (κ3) is 5.86. The van der Waals surface area contributed by atoms with Crippen molar-refractivity contribution in [3.63, 3.8) is 0 Å². The predicted molar refractivity (Wildman–Crippen MR) is 74.1 cm³/mol. The van der Waals surface area contributed by atoms with Crippen LogP contribution in [-0.2, 0) is 6.54 Å². The molecule has 1 aromatic rings. The molecule has 0 N–H and O–H groups in total. The Hall–Kier alpha value is -0.850. The molecule has 0 bridgehead atoms. The van der Waals surface area contributed by atoms with Gasteiger partial charge in [0.1, 0.15) is 6.54 Å². The van der Waals surface area contributed by atoms with Gasteiger partial charge >= 0.3 is 0 Å². The van der Waals surface area contributed by atoms with E-state index < -0.39 is 0 Å². The van der Waals surface area contributed by atoms with Gasteiger partial charge in [0.25, 0.3) is 0 Å². The van der Waals surface area contributed by atoms with Gasteiger partial charge in [-0.25, -0.2) is 4.57 Å². The summed E-state index contributed by atoms with van der Waals surface area (Å²) in [6.07, 6.45) is 12.7. The molecule has 0 aromatic carbocycles. The number of rotatable bonds is 8. The molecule has 0 atom stereocenters. The van der Waals surface area contributed by atoms with Gasteiger partial charge in [-0.05, 0) is 18.4 Å². The van der Waals surface area contributed by atoms with Gasteiger partial charge in [0.2, 0.25) is 0 Å². The monoisotopic (exact) mass is 234 g/mol. The van der Waals surface area contributed by atoms with Crippen molar-refractivity contribution in [1.82, 2.24) is 0 Å². The van der Waals surface area contributed by atoms with Crippen LogP contribution in [0, 0.1) is 0 Å². The minimum atomic E-state index is 0.631. The molecule has 0 amide bonds. The summed E-state index contributed by atoms with van der Waals surface area (Å²) in [7, 11) is 0. The van der Waals surface area contributed by atoms with Crippen molar-refractivity contribution in [3.05, 3.63) is 30.1 Å². The molecule has 1 nitrogen and oxygen atoms in total. The van der Waals surface area contributed by atoms with Gasteiger partial charge in [-0.1, -0.05) is 46.5 Å². The normalized spacial score (nSPS) is 11.1. The average molecular weight is 234 g/mol. The summed E-state index contributed by atoms with van der Waals surface area (Å²) < 4.78 is 2.34. The maximum atomic E-state index is 2.34. The van der Waals surface area contributed by atoms with E-state index in [1.807, 2.05) is 0 Å². The first-order chi connectivity index (χ1) is 8.24. The molecule has 0 unspecified atom stereocenters. The van der Waals surface area contributed by atoms with Gasteiger partial charge in [0, 0.05) is 18.1 Å². The van der Waals surface area contributed by atoms with Crippen molar-refractivity contribution in [2.24, 2.45) is 0 Å². The van der Waals surface area contributed by atoms with Crippen LogP contribution in [0.3, 0.4) is 0 Å². The molecule has 0 aliphatic carbocycles. The van der Waals surface area contributed by atoms with Gasteiger partial charge in [0.15, 0.2) is 12.4 Å². The minimum Gasteiger partial charge on any atom is -0.205 e. The average Bonchev–Trinajstić information content (AvgIpc) is 2.34. The Morgan fingerprint density at radius 2 is 1.76 bits per heavy atom. The summed E-state index contributed by atoms with van der Waals surface area (Å²) in [6, 6.07) is 4.40. The summed E-state index contributed by atoms with van der Waals surface area (Å²) in [5.41, 5.74) is 1.44. The van der Waals surface area contributed by atoms with Crippen LogP contribution in [0.15, 0.2) is 24.5 Å². The Bertz CT molecular complexity index is 304. The second kappa shape index (κ2) is 8.27. The number of unbranched alkanes of at least 4 members (excludes halogenated alkanes) is 5. The SMILES string of the molecule is CCCCCCCC[n+]1cccc(C(C)C)c1. The maximum absolute atomic E-state index is 2.34. The minimum absolute atomic E-state index is 0.631. The largest absolute Gasteiger partial charge is 0.205 e. The highest BCUT2D eigenvalue weighted by Gasteiger charge is 2.05. The standard InChI is InChI=1S/C16H28N/c1-4-5-6-7-8-9-12-17-13-10-11-16(14-17)15(2)3/h10-11,13-15H,4-9,12H2,1-3H3/q+1. The fourth-order valence-electron chi connectivity index (χ4n) is 2.10. The first kappa shape index (κ1) is 14.2. The molecule has 0 fully saturated rings. The van der Waals surface area contributed by atoms with E-state index >= 15 is 0 Å². The summed E-state index contributed by atoms with van der Waals surface area (Å²) in [5.74, 6) is 0.631. The van der Waals surface area contributed by atoms with E-state index in [0.29, 0.717) is 5.92 Å². The van der Waals surface area contributed by atoms with Crippen molar-refractivity contribution in [1.29, 1.82) is 0 Å². The van der Waals surface area contributed by atoms with Crippen molar-refractivity contribution >= 4 is 0 Å².